The normalized spacial score (nSPS) is 18.6. The highest BCUT2D eigenvalue weighted by atomic mass is 19.1. The summed E-state index contributed by atoms with van der Waals surface area (Å²) in [6.07, 6.45) is 1.55. The first-order valence-corrected chi connectivity index (χ1v) is 5.65. The zero-order valence-electron chi connectivity index (χ0n) is 9.57. The van der Waals surface area contributed by atoms with Crippen LogP contribution in [0.2, 0.25) is 0 Å². The van der Waals surface area contributed by atoms with Crippen molar-refractivity contribution in [3.05, 3.63) is 29.6 Å². The van der Waals surface area contributed by atoms with Gasteiger partial charge in [-0.1, -0.05) is 6.07 Å². The smallest absolute Gasteiger partial charge is 0.337 e. The van der Waals surface area contributed by atoms with E-state index < -0.39 is 17.7 Å². The fourth-order valence-corrected chi connectivity index (χ4v) is 1.95. The van der Waals surface area contributed by atoms with Crippen LogP contribution in [0, 0.1) is 5.82 Å². The van der Waals surface area contributed by atoms with Gasteiger partial charge in [0.1, 0.15) is 5.82 Å². The molecule has 0 bridgehead atoms. The molecule has 18 heavy (non-hydrogen) atoms. The van der Waals surface area contributed by atoms with Crippen LogP contribution in [-0.4, -0.2) is 29.6 Å². The maximum Gasteiger partial charge on any atom is 0.337 e. The van der Waals surface area contributed by atoms with Gasteiger partial charge in [-0.3, -0.25) is 4.79 Å². The summed E-state index contributed by atoms with van der Waals surface area (Å²) >= 11 is 0. The zero-order chi connectivity index (χ0) is 13.1. The fourth-order valence-electron chi connectivity index (χ4n) is 1.95. The van der Waals surface area contributed by atoms with Crippen LogP contribution in [0.1, 0.15) is 23.2 Å². The van der Waals surface area contributed by atoms with Crippen LogP contribution in [0.25, 0.3) is 0 Å². The Morgan fingerprint density at radius 3 is 2.83 bits per heavy atom. The van der Waals surface area contributed by atoms with E-state index in [4.69, 9.17) is 5.11 Å². The first kappa shape index (κ1) is 12.5. The van der Waals surface area contributed by atoms with E-state index in [-0.39, 0.29) is 17.3 Å². The van der Waals surface area contributed by atoms with Crippen LogP contribution in [0.15, 0.2) is 18.2 Å². The van der Waals surface area contributed by atoms with Crippen molar-refractivity contribution in [1.82, 2.24) is 5.32 Å². The minimum atomic E-state index is -1.27. The highest BCUT2D eigenvalue weighted by Gasteiger charge is 2.24. The lowest BCUT2D eigenvalue weighted by atomic mass is 10.1. The summed E-state index contributed by atoms with van der Waals surface area (Å²) in [7, 11) is 0. The van der Waals surface area contributed by atoms with Gasteiger partial charge in [-0.15, -0.1) is 0 Å². The minimum absolute atomic E-state index is 0.249. The molecule has 0 aliphatic carbocycles. The molecule has 1 fully saturated rings. The Morgan fingerprint density at radius 1 is 1.44 bits per heavy atom. The van der Waals surface area contributed by atoms with Crippen molar-refractivity contribution in [2.24, 2.45) is 0 Å². The van der Waals surface area contributed by atoms with Crippen molar-refractivity contribution in [2.45, 2.75) is 18.9 Å². The number of para-hydroxylation sites is 1. The quantitative estimate of drug-likeness (QED) is 0.755. The molecule has 0 saturated carbocycles. The predicted octanol–water partition coefficient (Wildman–Crippen LogP) is 1.21. The molecule has 0 aromatic heterocycles. The number of nitrogens with one attached hydrogen (secondary N) is 2. The van der Waals surface area contributed by atoms with Gasteiger partial charge in [-0.05, 0) is 31.5 Å². The zero-order valence-corrected chi connectivity index (χ0v) is 9.57. The standard InChI is InChI=1S/C12H13FN2O3/c13-8-4-1-3-7(12(17)18)10(8)15-11(16)9-5-2-6-14-9/h1,3-4,9,14H,2,5-6H2,(H,15,16)(H,17,18)/t9-/m1/s1. The summed E-state index contributed by atoms with van der Waals surface area (Å²) in [5, 5.41) is 14.2. The second-order valence-electron chi connectivity index (χ2n) is 4.11. The molecule has 1 aliphatic heterocycles. The summed E-state index contributed by atoms with van der Waals surface area (Å²) in [6, 6.07) is 3.28. The largest absolute Gasteiger partial charge is 0.478 e. The van der Waals surface area contributed by atoms with Crippen molar-refractivity contribution >= 4 is 17.6 Å². The molecule has 3 N–H and O–H groups in total. The average Bonchev–Trinajstić information content (AvgIpc) is 2.85. The Kier molecular flexibility index (Phi) is 3.57. The third-order valence-electron chi connectivity index (χ3n) is 2.87. The summed E-state index contributed by atoms with van der Waals surface area (Å²) in [5.41, 5.74) is -0.523. The third-order valence-corrected chi connectivity index (χ3v) is 2.87. The minimum Gasteiger partial charge on any atom is -0.478 e. The molecule has 0 radical (unpaired) electrons. The van der Waals surface area contributed by atoms with Crippen molar-refractivity contribution < 1.29 is 19.1 Å². The van der Waals surface area contributed by atoms with Gasteiger partial charge >= 0.3 is 5.97 Å². The van der Waals surface area contributed by atoms with E-state index in [0.29, 0.717) is 6.42 Å². The van der Waals surface area contributed by atoms with Gasteiger partial charge in [0.2, 0.25) is 5.91 Å². The van der Waals surface area contributed by atoms with Crippen LogP contribution >= 0.6 is 0 Å². The lowest BCUT2D eigenvalue weighted by molar-refractivity contribution is -0.117. The summed E-state index contributed by atoms with van der Waals surface area (Å²) in [4.78, 5) is 22.8. The van der Waals surface area contributed by atoms with Crippen molar-refractivity contribution in [3.8, 4) is 0 Å². The van der Waals surface area contributed by atoms with Crippen LogP contribution in [0.3, 0.4) is 0 Å². The molecule has 1 saturated heterocycles. The van der Waals surface area contributed by atoms with E-state index in [9.17, 15) is 14.0 Å². The van der Waals surface area contributed by atoms with Crippen LogP contribution < -0.4 is 10.6 Å². The molecule has 0 spiro atoms. The molecular formula is C12H13FN2O3. The van der Waals surface area contributed by atoms with Gasteiger partial charge in [0.25, 0.3) is 0 Å². The maximum atomic E-state index is 13.6. The van der Waals surface area contributed by atoms with Gasteiger partial charge in [0.15, 0.2) is 0 Å². The monoisotopic (exact) mass is 252 g/mol. The number of carbonyl (C=O) groups excluding carboxylic acids is 1. The topological polar surface area (TPSA) is 78.4 Å². The predicted molar refractivity (Wildman–Crippen MR) is 63.0 cm³/mol. The van der Waals surface area contributed by atoms with E-state index in [1.54, 1.807) is 0 Å². The summed E-state index contributed by atoms with van der Waals surface area (Å²) < 4.78 is 13.6. The molecule has 6 heteroatoms. The first-order chi connectivity index (χ1) is 8.59. The Hall–Kier alpha value is -1.95. The number of halogens is 1. The van der Waals surface area contributed by atoms with Gasteiger partial charge in [-0.25, -0.2) is 9.18 Å². The van der Waals surface area contributed by atoms with Crippen molar-refractivity contribution in [1.29, 1.82) is 0 Å². The number of hydrogen-bond acceptors (Lipinski definition) is 3. The second-order valence-corrected chi connectivity index (χ2v) is 4.11. The number of aromatic carboxylic acids is 1. The number of benzene rings is 1. The molecule has 5 nitrogen and oxygen atoms in total. The Morgan fingerprint density at radius 2 is 2.22 bits per heavy atom. The number of carboxylic acids is 1. The summed E-state index contributed by atoms with van der Waals surface area (Å²) in [5.74, 6) is -2.43. The molecule has 1 aromatic rings. The number of carboxylic acid groups (broad SMARTS) is 1. The SMILES string of the molecule is O=C(O)c1cccc(F)c1NC(=O)[C@H]1CCCN1. The van der Waals surface area contributed by atoms with E-state index in [1.807, 2.05) is 0 Å². The van der Waals surface area contributed by atoms with Gasteiger partial charge in [-0.2, -0.15) is 0 Å². The lowest BCUT2D eigenvalue weighted by Gasteiger charge is -2.13. The second kappa shape index (κ2) is 5.14. The maximum absolute atomic E-state index is 13.6. The third kappa shape index (κ3) is 2.48. The Bertz CT molecular complexity index is 484. The molecule has 2 rings (SSSR count). The van der Waals surface area contributed by atoms with E-state index >= 15 is 0 Å². The van der Waals surface area contributed by atoms with Crippen LogP contribution in [0.5, 0.6) is 0 Å². The number of anilines is 1. The van der Waals surface area contributed by atoms with Gasteiger partial charge in [0, 0.05) is 0 Å². The van der Waals surface area contributed by atoms with E-state index in [0.717, 1.165) is 19.0 Å². The number of hydrogen-bond donors (Lipinski definition) is 3. The van der Waals surface area contributed by atoms with E-state index in [1.165, 1.54) is 12.1 Å². The Labute approximate surface area is 103 Å². The van der Waals surface area contributed by atoms with Crippen molar-refractivity contribution in [3.63, 3.8) is 0 Å². The molecule has 1 atom stereocenters. The molecule has 1 amide bonds. The average molecular weight is 252 g/mol. The lowest BCUT2D eigenvalue weighted by Crippen LogP contribution is -2.36. The van der Waals surface area contributed by atoms with Gasteiger partial charge in [0.05, 0.1) is 17.3 Å². The molecular weight excluding hydrogens is 239 g/mol. The number of amides is 1. The van der Waals surface area contributed by atoms with Crippen LogP contribution in [0.4, 0.5) is 10.1 Å². The molecule has 0 unspecified atom stereocenters. The molecule has 1 heterocycles. The highest BCUT2D eigenvalue weighted by Crippen LogP contribution is 2.20. The number of rotatable bonds is 3. The van der Waals surface area contributed by atoms with Gasteiger partial charge < -0.3 is 15.7 Å². The number of carbonyl (C=O) groups is 2. The summed E-state index contributed by atoms with van der Waals surface area (Å²) in [6.45, 7) is 0.737. The van der Waals surface area contributed by atoms with E-state index in [2.05, 4.69) is 10.6 Å². The highest BCUT2D eigenvalue weighted by molar-refractivity contribution is 6.02. The van der Waals surface area contributed by atoms with Crippen molar-refractivity contribution in [2.75, 3.05) is 11.9 Å². The first-order valence-electron chi connectivity index (χ1n) is 5.65. The molecule has 96 valence electrons. The molecule has 1 aliphatic rings. The Balaban J connectivity index is 2.22. The molecule has 1 aromatic carbocycles. The fraction of sp³-hybridized carbons (Fsp3) is 0.333. The van der Waals surface area contributed by atoms with Crippen LogP contribution in [-0.2, 0) is 4.79 Å².